The highest BCUT2D eigenvalue weighted by Gasteiger charge is 2.12. The van der Waals surface area contributed by atoms with Gasteiger partial charge < -0.3 is 5.73 Å². The van der Waals surface area contributed by atoms with Crippen LogP contribution < -0.4 is 5.73 Å². The first kappa shape index (κ1) is 11.6. The normalized spacial score (nSPS) is 10.5. The molecule has 72 valence electrons. The van der Waals surface area contributed by atoms with Crippen molar-refractivity contribution >= 4 is 50.9 Å². The Hall–Kier alpha value is 0.480. The van der Waals surface area contributed by atoms with Crippen molar-refractivity contribution in [2.24, 2.45) is 0 Å². The molecule has 0 unspecified atom stereocenters. The van der Waals surface area contributed by atoms with E-state index < -0.39 is 0 Å². The van der Waals surface area contributed by atoms with Crippen LogP contribution in [0.5, 0.6) is 0 Å². The first-order valence-corrected chi connectivity index (χ1v) is 6.38. The molecule has 0 heterocycles. The highest BCUT2D eigenvalue weighted by Crippen LogP contribution is 2.31. The zero-order valence-corrected chi connectivity index (χ0v) is 12.4. The molecule has 0 spiro atoms. The van der Waals surface area contributed by atoms with E-state index in [9.17, 15) is 0 Å². The van der Waals surface area contributed by atoms with Gasteiger partial charge in [0.05, 0.1) is 0 Å². The van der Waals surface area contributed by atoms with E-state index in [1.54, 1.807) is 0 Å². The Labute approximate surface area is 107 Å². The summed E-state index contributed by atoms with van der Waals surface area (Å²) in [6.45, 7) is 6.41. The van der Waals surface area contributed by atoms with Crippen LogP contribution in [0.15, 0.2) is 0 Å². The summed E-state index contributed by atoms with van der Waals surface area (Å²) in [7, 11) is 0. The van der Waals surface area contributed by atoms with E-state index >= 15 is 0 Å². The second-order valence-corrected chi connectivity index (χ2v) is 5.28. The van der Waals surface area contributed by atoms with E-state index in [1.807, 2.05) is 0 Å². The third-order valence-electron chi connectivity index (χ3n) is 2.34. The zero-order valence-electron chi connectivity index (χ0n) is 8.04. The fourth-order valence-corrected chi connectivity index (χ4v) is 3.43. The minimum absolute atomic E-state index is 0.974. The highest BCUT2D eigenvalue weighted by molar-refractivity contribution is 14.1. The minimum Gasteiger partial charge on any atom is -0.398 e. The van der Waals surface area contributed by atoms with Gasteiger partial charge in [-0.1, -0.05) is 6.92 Å². The average molecular weight is 401 g/mol. The fraction of sp³-hybridized carbons (Fsp3) is 0.400. The van der Waals surface area contributed by atoms with Crippen LogP contribution in [-0.4, -0.2) is 0 Å². The van der Waals surface area contributed by atoms with Crippen molar-refractivity contribution in [3.05, 3.63) is 23.8 Å². The van der Waals surface area contributed by atoms with Crippen LogP contribution in [0, 0.1) is 21.0 Å². The van der Waals surface area contributed by atoms with Crippen molar-refractivity contribution in [1.29, 1.82) is 0 Å². The molecule has 2 N–H and O–H groups in total. The lowest BCUT2D eigenvalue weighted by Crippen LogP contribution is -2.04. The number of nitrogens with two attached hydrogens (primary N) is 1. The zero-order chi connectivity index (χ0) is 10.2. The van der Waals surface area contributed by atoms with Crippen molar-refractivity contribution in [2.45, 2.75) is 27.2 Å². The Morgan fingerprint density at radius 2 is 1.62 bits per heavy atom. The van der Waals surface area contributed by atoms with E-state index in [4.69, 9.17) is 5.73 Å². The van der Waals surface area contributed by atoms with E-state index in [0.29, 0.717) is 0 Å². The summed E-state index contributed by atoms with van der Waals surface area (Å²) >= 11 is 4.76. The van der Waals surface area contributed by atoms with Gasteiger partial charge in [-0.15, -0.1) is 0 Å². The summed E-state index contributed by atoms with van der Waals surface area (Å²) in [5, 5.41) is 0. The second kappa shape index (κ2) is 4.33. The number of nitrogen functional groups attached to an aromatic ring is 1. The average Bonchev–Trinajstić information content (AvgIpc) is 2.13. The fourth-order valence-electron chi connectivity index (χ4n) is 1.41. The predicted molar refractivity (Wildman–Crippen MR) is 75.1 cm³/mol. The molecule has 0 saturated carbocycles. The van der Waals surface area contributed by atoms with Crippen LogP contribution in [0.25, 0.3) is 0 Å². The Kier molecular flexibility index (Phi) is 3.85. The van der Waals surface area contributed by atoms with Crippen LogP contribution in [-0.2, 0) is 6.42 Å². The third-order valence-corrected chi connectivity index (χ3v) is 5.41. The Balaban J connectivity index is 3.56. The van der Waals surface area contributed by atoms with Crippen molar-refractivity contribution < 1.29 is 0 Å². The topological polar surface area (TPSA) is 26.0 Å². The molecule has 0 aliphatic rings. The van der Waals surface area contributed by atoms with Crippen molar-refractivity contribution in [1.82, 2.24) is 0 Å². The Morgan fingerprint density at radius 1 is 1.08 bits per heavy atom. The Bertz CT molecular complexity index is 316. The molecule has 1 nitrogen and oxygen atoms in total. The summed E-state index contributed by atoms with van der Waals surface area (Å²) in [5.74, 6) is 0. The molecule has 0 amide bonds. The molecule has 0 aliphatic heterocycles. The van der Waals surface area contributed by atoms with Crippen LogP contribution in [0.2, 0.25) is 0 Å². The summed E-state index contributed by atoms with van der Waals surface area (Å²) in [6, 6.07) is 0. The van der Waals surface area contributed by atoms with Gasteiger partial charge in [0.2, 0.25) is 0 Å². The van der Waals surface area contributed by atoms with E-state index in [1.165, 1.54) is 23.8 Å². The van der Waals surface area contributed by atoms with Crippen LogP contribution in [0.4, 0.5) is 5.69 Å². The molecule has 0 saturated heterocycles. The van der Waals surface area contributed by atoms with Gasteiger partial charge in [0.25, 0.3) is 0 Å². The lowest BCUT2D eigenvalue weighted by molar-refractivity contribution is 1.10. The van der Waals surface area contributed by atoms with E-state index in [2.05, 4.69) is 66.0 Å². The largest absolute Gasteiger partial charge is 0.398 e. The van der Waals surface area contributed by atoms with Gasteiger partial charge >= 0.3 is 0 Å². The quantitative estimate of drug-likeness (QED) is 0.565. The predicted octanol–water partition coefficient (Wildman–Crippen LogP) is 3.66. The molecule has 0 bridgehead atoms. The van der Waals surface area contributed by atoms with Gasteiger partial charge in [-0.3, -0.25) is 0 Å². The van der Waals surface area contributed by atoms with Gasteiger partial charge in [-0.25, -0.2) is 0 Å². The first-order chi connectivity index (χ1) is 6.00. The summed E-state index contributed by atoms with van der Waals surface area (Å²) < 4.78 is 2.63. The van der Waals surface area contributed by atoms with Crippen molar-refractivity contribution in [2.75, 3.05) is 5.73 Å². The lowest BCUT2D eigenvalue weighted by Gasteiger charge is -2.14. The first-order valence-electron chi connectivity index (χ1n) is 4.23. The van der Waals surface area contributed by atoms with Gasteiger partial charge in [-0.05, 0) is 82.1 Å². The van der Waals surface area contributed by atoms with Crippen molar-refractivity contribution in [3.63, 3.8) is 0 Å². The van der Waals surface area contributed by atoms with Crippen LogP contribution in [0.1, 0.15) is 23.6 Å². The molecule has 1 aromatic carbocycles. The molecular formula is C10H13I2N. The molecule has 0 fully saturated rings. The standard InChI is InChI=1S/C10H13I2N/c1-4-7-9(12)5(2)8(11)6(3)10(7)13/h4,13H2,1-3H3. The molecule has 0 aromatic heterocycles. The monoisotopic (exact) mass is 401 g/mol. The van der Waals surface area contributed by atoms with Crippen LogP contribution >= 0.6 is 45.2 Å². The number of hydrogen-bond acceptors (Lipinski definition) is 1. The molecule has 13 heavy (non-hydrogen) atoms. The smallest absolute Gasteiger partial charge is 0.0397 e. The second-order valence-electron chi connectivity index (χ2n) is 3.12. The molecule has 1 rings (SSSR count). The maximum atomic E-state index is 6.05. The summed E-state index contributed by atoms with van der Waals surface area (Å²) in [4.78, 5) is 0. The lowest BCUT2D eigenvalue weighted by atomic mass is 10.0. The van der Waals surface area contributed by atoms with Gasteiger partial charge in [0, 0.05) is 12.8 Å². The number of anilines is 1. The maximum absolute atomic E-state index is 6.05. The summed E-state index contributed by atoms with van der Waals surface area (Å²) in [5.41, 5.74) is 10.9. The SMILES string of the molecule is CCc1c(N)c(C)c(I)c(C)c1I. The van der Waals surface area contributed by atoms with E-state index in [0.717, 1.165) is 12.1 Å². The molecule has 1 aromatic rings. The Morgan fingerprint density at radius 3 is 2.08 bits per heavy atom. The number of rotatable bonds is 1. The number of benzene rings is 1. The van der Waals surface area contributed by atoms with E-state index in [-0.39, 0.29) is 0 Å². The number of halogens is 2. The van der Waals surface area contributed by atoms with Crippen LogP contribution in [0.3, 0.4) is 0 Å². The van der Waals surface area contributed by atoms with Gasteiger partial charge in [-0.2, -0.15) is 0 Å². The maximum Gasteiger partial charge on any atom is 0.0397 e. The van der Waals surface area contributed by atoms with Gasteiger partial charge in [0.15, 0.2) is 0 Å². The highest BCUT2D eigenvalue weighted by atomic mass is 127. The number of hydrogen-bond donors (Lipinski definition) is 1. The minimum atomic E-state index is 0.974. The third kappa shape index (κ3) is 1.95. The molecule has 0 atom stereocenters. The van der Waals surface area contributed by atoms with Gasteiger partial charge in [0.1, 0.15) is 0 Å². The molecule has 0 aliphatic carbocycles. The summed E-state index contributed by atoms with van der Waals surface area (Å²) in [6.07, 6.45) is 1.02. The molecule has 3 heteroatoms. The molecular weight excluding hydrogens is 388 g/mol. The van der Waals surface area contributed by atoms with Crippen molar-refractivity contribution in [3.8, 4) is 0 Å². The molecule has 0 radical (unpaired) electrons.